The molecule has 0 aliphatic rings. The molecular formula is C16H21NS. The highest BCUT2D eigenvalue weighted by Gasteiger charge is 2.14. The van der Waals surface area contributed by atoms with Gasteiger partial charge in [0, 0.05) is 0 Å². The maximum atomic E-state index is 3.42. The fourth-order valence-electron chi connectivity index (χ4n) is 2.33. The summed E-state index contributed by atoms with van der Waals surface area (Å²) in [5.74, 6) is 0. The molecule has 1 unspecified atom stereocenters. The highest BCUT2D eigenvalue weighted by Crippen LogP contribution is 2.27. The first-order chi connectivity index (χ1) is 8.76. The van der Waals surface area contributed by atoms with Crippen molar-refractivity contribution in [1.29, 1.82) is 0 Å². The fraction of sp³-hybridized carbons (Fsp3) is 0.375. The molecule has 0 aliphatic carbocycles. The molecule has 2 heteroatoms. The monoisotopic (exact) mass is 259 g/mol. The van der Waals surface area contributed by atoms with Crippen molar-refractivity contribution in [3.05, 3.63) is 57.3 Å². The van der Waals surface area contributed by atoms with Gasteiger partial charge in [0.1, 0.15) is 0 Å². The quantitative estimate of drug-likeness (QED) is 0.843. The van der Waals surface area contributed by atoms with Crippen molar-refractivity contribution in [3.8, 4) is 0 Å². The van der Waals surface area contributed by atoms with Gasteiger partial charge >= 0.3 is 0 Å². The normalized spacial score (nSPS) is 12.6. The van der Waals surface area contributed by atoms with Crippen LogP contribution in [0.5, 0.6) is 0 Å². The van der Waals surface area contributed by atoms with Crippen molar-refractivity contribution in [3.63, 3.8) is 0 Å². The Bertz CT molecular complexity index is 484. The van der Waals surface area contributed by atoms with Crippen LogP contribution in [-0.4, -0.2) is 7.05 Å². The Labute approximate surface area is 114 Å². The number of thiophene rings is 1. The van der Waals surface area contributed by atoms with Crippen LogP contribution in [0.25, 0.3) is 0 Å². The van der Waals surface area contributed by atoms with E-state index >= 15 is 0 Å². The van der Waals surface area contributed by atoms with Gasteiger partial charge in [-0.15, -0.1) is 0 Å². The minimum Gasteiger partial charge on any atom is -0.309 e. The number of hydrogen-bond donors (Lipinski definition) is 1. The molecule has 0 fully saturated rings. The van der Waals surface area contributed by atoms with Gasteiger partial charge in [-0.1, -0.05) is 37.6 Å². The third-order valence-corrected chi connectivity index (χ3v) is 4.23. The van der Waals surface area contributed by atoms with Gasteiger partial charge in [0.25, 0.3) is 0 Å². The van der Waals surface area contributed by atoms with E-state index in [1.54, 1.807) is 11.3 Å². The fourth-order valence-corrected chi connectivity index (χ4v) is 3.21. The highest BCUT2D eigenvalue weighted by atomic mass is 32.1. The standard InChI is InChI=1S/C16H21NS/c1-4-5-13-6-8-14(9-7-13)16(17-3)15-11-18-10-12(15)2/h6-11,16-17H,4-5H2,1-3H3. The topological polar surface area (TPSA) is 12.0 Å². The zero-order chi connectivity index (χ0) is 13.0. The van der Waals surface area contributed by atoms with Crippen molar-refractivity contribution < 1.29 is 0 Å². The predicted molar refractivity (Wildman–Crippen MR) is 80.4 cm³/mol. The number of hydrogen-bond acceptors (Lipinski definition) is 2. The first-order valence-electron chi connectivity index (χ1n) is 6.55. The molecule has 2 aromatic rings. The summed E-state index contributed by atoms with van der Waals surface area (Å²) in [5, 5.41) is 7.88. The van der Waals surface area contributed by atoms with E-state index < -0.39 is 0 Å². The van der Waals surface area contributed by atoms with Gasteiger partial charge in [0.2, 0.25) is 0 Å². The zero-order valence-corrected chi connectivity index (χ0v) is 12.2. The molecule has 1 aromatic heterocycles. The molecule has 0 amide bonds. The van der Waals surface area contributed by atoms with Crippen LogP contribution in [0.15, 0.2) is 35.0 Å². The summed E-state index contributed by atoms with van der Waals surface area (Å²) in [5.41, 5.74) is 5.54. The zero-order valence-electron chi connectivity index (χ0n) is 11.4. The lowest BCUT2D eigenvalue weighted by Gasteiger charge is -2.17. The van der Waals surface area contributed by atoms with Crippen molar-refractivity contribution >= 4 is 11.3 Å². The summed E-state index contributed by atoms with van der Waals surface area (Å²) in [6, 6.07) is 9.33. The Kier molecular flexibility index (Phi) is 4.56. The van der Waals surface area contributed by atoms with Gasteiger partial charge in [0.15, 0.2) is 0 Å². The third-order valence-electron chi connectivity index (χ3n) is 3.35. The maximum absolute atomic E-state index is 3.42. The molecule has 0 spiro atoms. The van der Waals surface area contributed by atoms with Gasteiger partial charge in [-0.3, -0.25) is 0 Å². The van der Waals surface area contributed by atoms with Crippen LogP contribution >= 0.6 is 11.3 Å². The van der Waals surface area contributed by atoms with Gasteiger partial charge in [0.05, 0.1) is 6.04 Å². The van der Waals surface area contributed by atoms with Gasteiger partial charge < -0.3 is 5.32 Å². The SMILES string of the molecule is CCCc1ccc(C(NC)c2cscc2C)cc1. The summed E-state index contributed by atoms with van der Waals surface area (Å²) in [4.78, 5) is 0. The number of rotatable bonds is 5. The molecule has 1 heterocycles. The van der Waals surface area contributed by atoms with Crippen LogP contribution < -0.4 is 5.32 Å². The van der Waals surface area contributed by atoms with Crippen molar-refractivity contribution in [2.75, 3.05) is 7.05 Å². The molecule has 1 N–H and O–H groups in total. The third kappa shape index (κ3) is 2.82. The first kappa shape index (κ1) is 13.3. The van der Waals surface area contributed by atoms with E-state index in [9.17, 15) is 0 Å². The van der Waals surface area contributed by atoms with Gasteiger partial charge in [-0.05, 0) is 53.4 Å². The minimum atomic E-state index is 0.312. The molecule has 0 saturated heterocycles. The van der Waals surface area contributed by atoms with Crippen molar-refractivity contribution in [2.24, 2.45) is 0 Å². The van der Waals surface area contributed by atoms with Crippen molar-refractivity contribution in [2.45, 2.75) is 32.7 Å². The number of nitrogens with one attached hydrogen (secondary N) is 1. The maximum Gasteiger partial charge on any atom is 0.0585 e. The van der Waals surface area contributed by atoms with Gasteiger partial charge in [-0.25, -0.2) is 0 Å². The minimum absolute atomic E-state index is 0.312. The van der Waals surface area contributed by atoms with E-state index in [1.807, 2.05) is 7.05 Å². The molecule has 0 aliphatic heterocycles. The first-order valence-corrected chi connectivity index (χ1v) is 7.49. The molecule has 1 nitrogen and oxygen atoms in total. The molecular weight excluding hydrogens is 238 g/mol. The Morgan fingerprint density at radius 1 is 1.17 bits per heavy atom. The second kappa shape index (κ2) is 6.17. The number of benzene rings is 1. The lowest BCUT2D eigenvalue weighted by atomic mass is 9.97. The summed E-state index contributed by atoms with van der Waals surface area (Å²) < 4.78 is 0. The molecule has 96 valence electrons. The Morgan fingerprint density at radius 3 is 2.39 bits per heavy atom. The molecule has 18 heavy (non-hydrogen) atoms. The molecule has 0 bridgehead atoms. The summed E-state index contributed by atoms with van der Waals surface area (Å²) in [6.07, 6.45) is 2.38. The highest BCUT2D eigenvalue weighted by molar-refractivity contribution is 7.08. The molecule has 0 radical (unpaired) electrons. The van der Waals surface area contributed by atoms with Gasteiger partial charge in [-0.2, -0.15) is 11.3 Å². The van der Waals surface area contributed by atoms with E-state index in [2.05, 4.69) is 54.2 Å². The predicted octanol–water partition coefficient (Wildman–Crippen LogP) is 4.32. The van der Waals surface area contributed by atoms with E-state index in [4.69, 9.17) is 0 Å². The second-order valence-corrected chi connectivity index (χ2v) is 5.47. The van der Waals surface area contributed by atoms with Crippen LogP contribution in [-0.2, 0) is 6.42 Å². The van der Waals surface area contributed by atoms with Crippen LogP contribution in [0.3, 0.4) is 0 Å². The number of aryl methyl sites for hydroxylation is 2. The van der Waals surface area contributed by atoms with Crippen molar-refractivity contribution in [1.82, 2.24) is 5.32 Å². The lowest BCUT2D eigenvalue weighted by molar-refractivity contribution is 0.690. The van der Waals surface area contributed by atoms with E-state index in [0.29, 0.717) is 6.04 Å². The Balaban J connectivity index is 2.25. The van der Waals surface area contributed by atoms with Crippen LogP contribution in [0, 0.1) is 6.92 Å². The molecule has 0 saturated carbocycles. The van der Waals surface area contributed by atoms with Crippen LogP contribution in [0.1, 0.15) is 41.6 Å². The van der Waals surface area contributed by atoms with E-state index in [1.165, 1.54) is 35.1 Å². The Hall–Kier alpha value is -1.12. The van der Waals surface area contributed by atoms with Crippen LogP contribution in [0.4, 0.5) is 0 Å². The second-order valence-electron chi connectivity index (χ2n) is 4.72. The molecule has 2 rings (SSSR count). The summed E-state index contributed by atoms with van der Waals surface area (Å²) in [6.45, 7) is 4.40. The summed E-state index contributed by atoms with van der Waals surface area (Å²) >= 11 is 1.78. The van der Waals surface area contributed by atoms with E-state index in [0.717, 1.165) is 0 Å². The van der Waals surface area contributed by atoms with E-state index in [-0.39, 0.29) is 0 Å². The average Bonchev–Trinajstić information content (AvgIpc) is 2.79. The Morgan fingerprint density at radius 2 is 1.89 bits per heavy atom. The lowest BCUT2D eigenvalue weighted by Crippen LogP contribution is -2.17. The summed E-state index contributed by atoms with van der Waals surface area (Å²) in [7, 11) is 2.03. The average molecular weight is 259 g/mol. The van der Waals surface area contributed by atoms with Crippen LogP contribution in [0.2, 0.25) is 0 Å². The smallest absolute Gasteiger partial charge is 0.0585 e. The molecule has 1 aromatic carbocycles. The largest absolute Gasteiger partial charge is 0.309 e. The molecule has 1 atom stereocenters.